The topological polar surface area (TPSA) is 69.4 Å². The van der Waals surface area contributed by atoms with Gasteiger partial charge in [-0.2, -0.15) is 0 Å². The van der Waals surface area contributed by atoms with Crippen molar-refractivity contribution in [3.8, 4) is 0 Å². The monoisotopic (exact) mass is 225 g/mol. The molecule has 15 heavy (non-hydrogen) atoms. The average Bonchev–Trinajstić information content (AvgIpc) is 2.39. The smallest absolute Gasteiger partial charge is 0.203 e. The Hall–Kier alpha value is -1.17. The third-order valence-electron chi connectivity index (χ3n) is 2.42. The third kappa shape index (κ3) is 1.49. The van der Waals surface area contributed by atoms with E-state index in [4.69, 9.17) is 5.90 Å². The number of sulfone groups is 1. The zero-order valence-electron chi connectivity index (χ0n) is 8.23. The van der Waals surface area contributed by atoms with Crippen molar-refractivity contribution < 1.29 is 13.3 Å². The van der Waals surface area contributed by atoms with Gasteiger partial charge in [0.1, 0.15) is 0 Å². The van der Waals surface area contributed by atoms with E-state index in [9.17, 15) is 8.42 Å². The van der Waals surface area contributed by atoms with E-state index in [1.54, 1.807) is 31.2 Å². The highest BCUT2D eigenvalue weighted by Crippen LogP contribution is 2.34. The SMILES string of the molecule is CC1=Cc2cccc(CON)c2S1(=O)=O. The second-order valence-corrected chi connectivity index (χ2v) is 5.46. The first-order valence-corrected chi connectivity index (χ1v) is 5.92. The number of allylic oxidation sites excluding steroid dienone is 1. The van der Waals surface area contributed by atoms with E-state index in [0.717, 1.165) is 0 Å². The molecule has 0 fully saturated rings. The summed E-state index contributed by atoms with van der Waals surface area (Å²) < 4.78 is 23.8. The molecule has 0 unspecified atom stereocenters. The lowest BCUT2D eigenvalue weighted by molar-refractivity contribution is 0.122. The van der Waals surface area contributed by atoms with Crippen LogP contribution in [-0.4, -0.2) is 8.42 Å². The number of fused-ring (bicyclic) bond motifs is 1. The first-order chi connectivity index (χ1) is 7.07. The van der Waals surface area contributed by atoms with Crippen LogP contribution in [0, 0.1) is 0 Å². The highest BCUT2D eigenvalue weighted by atomic mass is 32.2. The summed E-state index contributed by atoms with van der Waals surface area (Å²) in [7, 11) is -3.31. The molecule has 1 aromatic rings. The molecule has 0 radical (unpaired) electrons. The summed E-state index contributed by atoms with van der Waals surface area (Å²) in [4.78, 5) is 5.18. The standard InChI is InChI=1S/C10H11NO3S/c1-7-5-8-3-2-4-9(6-14-11)10(8)15(7,12)13/h2-5H,6,11H2,1H3. The maximum absolute atomic E-state index is 11.9. The van der Waals surface area contributed by atoms with Crippen LogP contribution in [0.5, 0.6) is 0 Å². The number of nitrogens with two attached hydrogens (primary N) is 1. The molecular formula is C10H11NO3S. The molecule has 0 amide bonds. The van der Waals surface area contributed by atoms with Crippen molar-refractivity contribution in [1.29, 1.82) is 0 Å². The number of hydrogen-bond acceptors (Lipinski definition) is 4. The molecule has 1 aliphatic heterocycles. The van der Waals surface area contributed by atoms with Gasteiger partial charge < -0.3 is 0 Å². The molecule has 0 bridgehead atoms. The summed E-state index contributed by atoms with van der Waals surface area (Å²) in [5.74, 6) is 4.97. The Morgan fingerprint density at radius 2 is 2.13 bits per heavy atom. The Morgan fingerprint density at radius 1 is 1.40 bits per heavy atom. The van der Waals surface area contributed by atoms with Gasteiger partial charge in [0.05, 0.1) is 11.5 Å². The zero-order chi connectivity index (χ0) is 11.1. The van der Waals surface area contributed by atoms with Gasteiger partial charge in [-0.05, 0) is 24.1 Å². The van der Waals surface area contributed by atoms with E-state index < -0.39 is 9.84 Å². The molecule has 0 atom stereocenters. The highest BCUT2D eigenvalue weighted by Gasteiger charge is 2.28. The molecule has 0 saturated carbocycles. The van der Waals surface area contributed by atoms with Crippen LogP contribution in [0.3, 0.4) is 0 Å². The van der Waals surface area contributed by atoms with Crippen LogP contribution < -0.4 is 5.90 Å². The van der Waals surface area contributed by atoms with Crippen molar-refractivity contribution >= 4 is 15.9 Å². The van der Waals surface area contributed by atoms with Crippen molar-refractivity contribution in [3.63, 3.8) is 0 Å². The van der Waals surface area contributed by atoms with Gasteiger partial charge in [0.2, 0.25) is 9.84 Å². The fraction of sp³-hybridized carbons (Fsp3) is 0.200. The van der Waals surface area contributed by atoms with E-state index >= 15 is 0 Å². The maximum atomic E-state index is 11.9. The minimum absolute atomic E-state index is 0.101. The van der Waals surface area contributed by atoms with Gasteiger partial charge in [-0.3, -0.25) is 4.84 Å². The van der Waals surface area contributed by atoms with Crippen LogP contribution >= 0.6 is 0 Å². The summed E-state index contributed by atoms with van der Waals surface area (Å²) in [6.45, 7) is 1.69. The van der Waals surface area contributed by atoms with Crippen molar-refractivity contribution in [2.24, 2.45) is 5.90 Å². The summed E-state index contributed by atoms with van der Waals surface area (Å²) in [5, 5.41) is 0. The lowest BCUT2D eigenvalue weighted by Crippen LogP contribution is -2.06. The predicted molar refractivity (Wildman–Crippen MR) is 56.3 cm³/mol. The summed E-state index contributed by atoms with van der Waals surface area (Å²) in [6, 6.07) is 5.26. The molecule has 1 aliphatic rings. The molecule has 0 spiro atoms. The van der Waals surface area contributed by atoms with E-state index in [0.29, 0.717) is 20.9 Å². The maximum Gasteiger partial charge on any atom is 0.203 e. The van der Waals surface area contributed by atoms with Crippen LogP contribution in [0.15, 0.2) is 28.0 Å². The fourth-order valence-corrected chi connectivity index (χ4v) is 3.22. The molecule has 5 heteroatoms. The molecular weight excluding hydrogens is 214 g/mol. The van der Waals surface area contributed by atoms with Crippen LogP contribution in [0.1, 0.15) is 18.1 Å². The predicted octanol–water partition coefficient (Wildman–Crippen LogP) is 1.22. The lowest BCUT2D eigenvalue weighted by Gasteiger charge is -2.06. The molecule has 4 nitrogen and oxygen atoms in total. The number of benzene rings is 1. The van der Waals surface area contributed by atoms with Gasteiger partial charge in [-0.15, -0.1) is 0 Å². The highest BCUT2D eigenvalue weighted by molar-refractivity contribution is 7.95. The first-order valence-electron chi connectivity index (χ1n) is 4.44. The quantitative estimate of drug-likeness (QED) is 0.768. The number of rotatable bonds is 2. The van der Waals surface area contributed by atoms with Crippen molar-refractivity contribution in [2.75, 3.05) is 0 Å². The molecule has 2 N–H and O–H groups in total. The summed E-state index contributed by atoms with van der Waals surface area (Å²) in [5.41, 5.74) is 1.31. The van der Waals surface area contributed by atoms with E-state index in [-0.39, 0.29) is 6.61 Å². The Labute approximate surface area is 88.2 Å². The van der Waals surface area contributed by atoms with Gasteiger partial charge in [0.15, 0.2) is 0 Å². The minimum atomic E-state index is -3.31. The van der Waals surface area contributed by atoms with E-state index in [1.165, 1.54) is 0 Å². The second-order valence-electron chi connectivity index (χ2n) is 3.40. The van der Waals surface area contributed by atoms with Gasteiger partial charge in [-0.1, -0.05) is 18.2 Å². The minimum Gasteiger partial charge on any atom is -0.300 e. The lowest BCUT2D eigenvalue weighted by atomic mass is 10.1. The molecule has 80 valence electrons. The number of hydrogen-bond donors (Lipinski definition) is 1. The molecule has 0 aromatic heterocycles. The molecule has 1 aromatic carbocycles. The molecule has 0 aliphatic carbocycles. The third-order valence-corrected chi connectivity index (χ3v) is 4.42. The fourth-order valence-electron chi connectivity index (χ4n) is 1.71. The Balaban J connectivity index is 2.68. The van der Waals surface area contributed by atoms with Gasteiger partial charge in [-0.25, -0.2) is 14.3 Å². The van der Waals surface area contributed by atoms with Gasteiger partial charge in [0.25, 0.3) is 0 Å². The van der Waals surface area contributed by atoms with Crippen LogP contribution in [0.25, 0.3) is 6.08 Å². The van der Waals surface area contributed by atoms with Crippen LogP contribution in [0.2, 0.25) is 0 Å². The zero-order valence-corrected chi connectivity index (χ0v) is 9.04. The van der Waals surface area contributed by atoms with E-state index in [2.05, 4.69) is 4.84 Å². The second kappa shape index (κ2) is 3.44. The Kier molecular flexibility index (Phi) is 2.38. The van der Waals surface area contributed by atoms with Crippen molar-refractivity contribution in [2.45, 2.75) is 18.4 Å². The van der Waals surface area contributed by atoms with Gasteiger partial charge >= 0.3 is 0 Å². The summed E-state index contributed by atoms with van der Waals surface area (Å²) in [6.07, 6.45) is 1.66. The van der Waals surface area contributed by atoms with Crippen molar-refractivity contribution in [3.05, 3.63) is 34.2 Å². The Bertz CT molecular complexity index is 532. The summed E-state index contributed by atoms with van der Waals surface area (Å²) >= 11 is 0. The van der Waals surface area contributed by atoms with Gasteiger partial charge in [0, 0.05) is 4.91 Å². The Morgan fingerprint density at radius 3 is 2.80 bits per heavy atom. The van der Waals surface area contributed by atoms with Crippen LogP contribution in [0.4, 0.5) is 0 Å². The first kappa shape index (κ1) is 10.4. The average molecular weight is 225 g/mol. The normalized spacial score (nSPS) is 17.3. The van der Waals surface area contributed by atoms with E-state index in [1.807, 2.05) is 0 Å². The van der Waals surface area contributed by atoms with Crippen molar-refractivity contribution in [1.82, 2.24) is 0 Å². The van der Waals surface area contributed by atoms with Crippen LogP contribution in [-0.2, 0) is 21.3 Å². The molecule has 0 saturated heterocycles. The molecule has 2 rings (SSSR count). The largest absolute Gasteiger partial charge is 0.300 e. The molecule has 1 heterocycles.